The lowest BCUT2D eigenvalue weighted by Crippen LogP contribution is -2.22. The first-order valence-electron chi connectivity index (χ1n) is 7.94. The van der Waals surface area contributed by atoms with Crippen LogP contribution < -0.4 is 5.56 Å². The van der Waals surface area contributed by atoms with E-state index in [9.17, 15) is 18.0 Å². The molecule has 3 aromatic rings. The highest BCUT2D eigenvalue weighted by Gasteiger charge is 2.26. The molecule has 0 unspecified atom stereocenters. The van der Waals surface area contributed by atoms with Crippen LogP contribution in [0.3, 0.4) is 0 Å². The summed E-state index contributed by atoms with van der Waals surface area (Å²) in [5.74, 6) is 0.158. The minimum Gasteiger partial charge on any atom is -0.318 e. The summed E-state index contributed by atoms with van der Waals surface area (Å²) in [7, 11) is 1.69. The number of rotatable bonds is 5. The van der Waals surface area contributed by atoms with Gasteiger partial charge in [0.1, 0.15) is 0 Å². The first kappa shape index (κ1) is 19.0. The molecule has 10 heteroatoms. The molecule has 0 saturated heterocycles. The van der Waals surface area contributed by atoms with Crippen molar-refractivity contribution in [3.63, 3.8) is 0 Å². The van der Waals surface area contributed by atoms with Gasteiger partial charge in [0.25, 0.3) is 5.56 Å². The van der Waals surface area contributed by atoms with Gasteiger partial charge < -0.3 is 4.57 Å². The summed E-state index contributed by atoms with van der Waals surface area (Å²) in [6, 6.07) is 8.30. The Morgan fingerprint density at radius 2 is 1.96 bits per heavy atom. The van der Waals surface area contributed by atoms with E-state index in [2.05, 4.69) is 9.97 Å². The maximum atomic E-state index is 12.9. The zero-order chi connectivity index (χ0) is 19.6. The van der Waals surface area contributed by atoms with Crippen LogP contribution in [-0.2, 0) is 7.05 Å². The van der Waals surface area contributed by atoms with Crippen LogP contribution in [-0.4, -0.2) is 31.0 Å². The summed E-state index contributed by atoms with van der Waals surface area (Å²) < 4.78 is 40.0. The maximum Gasteiger partial charge on any atom is 0.389 e. The number of thioether (sulfide) groups is 1. The zero-order valence-corrected chi connectivity index (χ0v) is 15.0. The quantitative estimate of drug-likeness (QED) is 0.377. The van der Waals surface area contributed by atoms with Gasteiger partial charge in [-0.05, 0) is 30.7 Å². The van der Waals surface area contributed by atoms with Gasteiger partial charge in [-0.3, -0.25) is 9.36 Å². The third kappa shape index (κ3) is 4.14. The molecule has 1 aromatic carbocycles. The van der Waals surface area contributed by atoms with E-state index in [-0.39, 0.29) is 22.8 Å². The first-order chi connectivity index (χ1) is 12.8. The smallest absolute Gasteiger partial charge is 0.318 e. The van der Waals surface area contributed by atoms with Crippen molar-refractivity contribution in [2.75, 3.05) is 5.75 Å². The molecule has 2 aromatic heterocycles. The van der Waals surface area contributed by atoms with Gasteiger partial charge in [0.05, 0.1) is 23.6 Å². The van der Waals surface area contributed by atoms with E-state index >= 15 is 0 Å². The van der Waals surface area contributed by atoms with Gasteiger partial charge in [-0.1, -0.05) is 11.8 Å². The predicted octanol–water partition coefficient (Wildman–Crippen LogP) is 3.43. The summed E-state index contributed by atoms with van der Waals surface area (Å²) in [4.78, 5) is 21.4. The second-order valence-corrected chi connectivity index (χ2v) is 6.85. The van der Waals surface area contributed by atoms with Crippen LogP contribution in [0, 0.1) is 11.3 Å². The number of hydrogen-bond donors (Lipinski definition) is 0. The molecule has 0 fully saturated rings. The average molecular weight is 393 g/mol. The Hall–Kier alpha value is -2.80. The molecule has 0 radical (unpaired) electrons. The second kappa shape index (κ2) is 7.44. The highest BCUT2D eigenvalue weighted by molar-refractivity contribution is 7.99. The summed E-state index contributed by atoms with van der Waals surface area (Å²) >= 11 is 1.08. The predicted molar refractivity (Wildman–Crippen MR) is 94.8 cm³/mol. The van der Waals surface area contributed by atoms with E-state index in [1.54, 1.807) is 35.9 Å². The molecule has 0 N–H and O–H groups in total. The molecule has 6 nitrogen and oxygen atoms in total. The minimum absolute atomic E-state index is 0.0825. The number of halogens is 3. The Labute approximate surface area is 156 Å². The van der Waals surface area contributed by atoms with Crippen LogP contribution in [0.4, 0.5) is 13.2 Å². The normalized spacial score (nSPS) is 11.7. The second-order valence-electron chi connectivity index (χ2n) is 5.79. The summed E-state index contributed by atoms with van der Waals surface area (Å²) in [5, 5.41) is 9.20. The third-order valence-corrected chi connectivity index (χ3v) is 4.82. The number of fused-ring (bicyclic) bond motifs is 1. The molecule has 0 aliphatic carbocycles. The SMILES string of the molecule is Cn1cnc2c(=O)n(-c3ccc(C#N)cc3)c(SCCCC(F)(F)F)nc21. The van der Waals surface area contributed by atoms with Crippen molar-refractivity contribution in [1.29, 1.82) is 5.26 Å². The summed E-state index contributed by atoms with van der Waals surface area (Å²) in [5.41, 5.74) is 1.02. The Balaban J connectivity index is 2.02. The van der Waals surface area contributed by atoms with Gasteiger partial charge in [0, 0.05) is 19.2 Å². The Kier molecular flexibility index (Phi) is 5.23. The van der Waals surface area contributed by atoms with Gasteiger partial charge in [0.2, 0.25) is 0 Å². The number of imidazole rings is 1. The average Bonchev–Trinajstić information content (AvgIpc) is 3.00. The molecule has 140 valence electrons. The van der Waals surface area contributed by atoms with Crippen molar-refractivity contribution in [3.05, 3.63) is 46.5 Å². The lowest BCUT2D eigenvalue weighted by molar-refractivity contribution is -0.134. The number of benzene rings is 1. The van der Waals surface area contributed by atoms with E-state index in [4.69, 9.17) is 5.26 Å². The molecule has 0 saturated carbocycles. The molecular weight excluding hydrogens is 379 g/mol. The first-order valence-corrected chi connectivity index (χ1v) is 8.93. The molecule has 27 heavy (non-hydrogen) atoms. The lowest BCUT2D eigenvalue weighted by Gasteiger charge is -2.12. The molecule has 0 aliphatic heterocycles. The number of hydrogen-bond acceptors (Lipinski definition) is 5. The van der Waals surface area contributed by atoms with E-state index in [1.807, 2.05) is 6.07 Å². The Bertz CT molecular complexity index is 1060. The van der Waals surface area contributed by atoms with Crippen LogP contribution in [0.25, 0.3) is 16.9 Å². The van der Waals surface area contributed by atoms with Crippen molar-refractivity contribution < 1.29 is 13.2 Å². The lowest BCUT2D eigenvalue weighted by atomic mass is 10.2. The van der Waals surface area contributed by atoms with Crippen molar-refractivity contribution in [1.82, 2.24) is 19.1 Å². The summed E-state index contributed by atoms with van der Waals surface area (Å²) in [6.45, 7) is 0. The Morgan fingerprint density at radius 1 is 1.26 bits per heavy atom. The standard InChI is InChI=1S/C17H14F3N5OS/c1-24-10-22-13-14(24)23-16(27-8-2-7-17(18,19)20)25(15(13)26)12-5-3-11(9-21)4-6-12/h3-6,10H,2,7-8H2,1H3. The van der Waals surface area contributed by atoms with Gasteiger partial charge in [0.15, 0.2) is 16.3 Å². The van der Waals surface area contributed by atoms with Crippen LogP contribution in [0.1, 0.15) is 18.4 Å². The zero-order valence-electron chi connectivity index (χ0n) is 14.2. The molecule has 2 heterocycles. The molecular formula is C17H14F3N5OS. The third-order valence-electron chi connectivity index (χ3n) is 3.79. The van der Waals surface area contributed by atoms with Gasteiger partial charge in [-0.25, -0.2) is 9.97 Å². The van der Waals surface area contributed by atoms with Gasteiger partial charge in [-0.15, -0.1) is 0 Å². The monoisotopic (exact) mass is 393 g/mol. The topological polar surface area (TPSA) is 76.5 Å². The Morgan fingerprint density at radius 3 is 2.59 bits per heavy atom. The van der Waals surface area contributed by atoms with Gasteiger partial charge >= 0.3 is 6.18 Å². The van der Waals surface area contributed by atoms with Crippen molar-refractivity contribution in [2.45, 2.75) is 24.2 Å². The number of aryl methyl sites for hydroxylation is 1. The maximum absolute atomic E-state index is 12.9. The fourth-order valence-corrected chi connectivity index (χ4v) is 3.43. The molecule has 0 amide bonds. The molecule has 0 atom stereocenters. The molecule has 0 aliphatic rings. The van der Waals surface area contributed by atoms with Crippen LogP contribution >= 0.6 is 11.8 Å². The van der Waals surface area contributed by atoms with Crippen LogP contribution in [0.5, 0.6) is 0 Å². The highest BCUT2D eigenvalue weighted by Crippen LogP contribution is 2.26. The molecule has 0 spiro atoms. The minimum atomic E-state index is -4.22. The number of aromatic nitrogens is 4. The van der Waals surface area contributed by atoms with E-state index < -0.39 is 18.2 Å². The van der Waals surface area contributed by atoms with Crippen molar-refractivity contribution >= 4 is 22.9 Å². The van der Waals surface area contributed by atoms with Crippen LogP contribution in [0.2, 0.25) is 0 Å². The van der Waals surface area contributed by atoms with E-state index in [0.29, 0.717) is 16.9 Å². The fourth-order valence-electron chi connectivity index (χ4n) is 2.49. The van der Waals surface area contributed by atoms with E-state index in [0.717, 1.165) is 11.8 Å². The van der Waals surface area contributed by atoms with Gasteiger partial charge in [-0.2, -0.15) is 18.4 Å². The summed E-state index contributed by atoms with van der Waals surface area (Å²) in [6.07, 6.45) is -3.73. The molecule has 0 bridgehead atoms. The highest BCUT2D eigenvalue weighted by atomic mass is 32.2. The van der Waals surface area contributed by atoms with Crippen molar-refractivity contribution in [3.8, 4) is 11.8 Å². The fraction of sp³-hybridized carbons (Fsp3) is 0.294. The van der Waals surface area contributed by atoms with Crippen molar-refractivity contribution in [2.24, 2.45) is 7.05 Å². The largest absolute Gasteiger partial charge is 0.389 e. The number of nitriles is 1. The molecule has 3 rings (SSSR count). The number of nitrogens with zero attached hydrogens (tertiary/aromatic N) is 5. The number of alkyl halides is 3. The van der Waals surface area contributed by atoms with Crippen LogP contribution in [0.15, 0.2) is 40.5 Å². The van der Waals surface area contributed by atoms with E-state index in [1.165, 1.54) is 10.9 Å².